The molecule has 258 valence electrons. The lowest BCUT2D eigenvalue weighted by Gasteiger charge is -2.44. The molecule has 0 spiro atoms. The van der Waals surface area contributed by atoms with Crippen LogP contribution in [0, 0.1) is 17.8 Å². The first kappa shape index (κ1) is 42.1. The van der Waals surface area contributed by atoms with Crippen molar-refractivity contribution in [1.29, 1.82) is 0 Å². The van der Waals surface area contributed by atoms with Crippen molar-refractivity contribution in [2.45, 2.75) is 163 Å². The summed E-state index contributed by atoms with van der Waals surface area (Å²) in [7, 11) is 0. The van der Waals surface area contributed by atoms with Crippen molar-refractivity contribution in [3.8, 4) is 0 Å². The fourth-order valence-electron chi connectivity index (χ4n) is 6.44. The summed E-state index contributed by atoms with van der Waals surface area (Å²) in [6.07, 6.45) is 28.3. The molecule has 0 saturated heterocycles. The second-order valence-corrected chi connectivity index (χ2v) is 13.3. The van der Waals surface area contributed by atoms with E-state index < -0.39 is 35.7 Å². The largest absolute Gasteiger partial charge is 0.550 e. The molecule has 3 unspecified atom stereocenters. The molecule has 7 heteroatoms. The van der Waals surface area contributed by atoms with Crippen LogP contribution in [0.25, 0.3) is 0 Å². The number of carboxylic acids is 3. The van der Waals surface area contributed by atoms with Crippen LogP contribution in [-0.2, 0) is 14.4 Å². The van der Waals surface area contributed by atoms with Gasteiger partial charge >= 0.3 is 11.9 Å². The molecule has 0 aliphatic heterocycles. The molecule has 0 aliphatic carbocycles. The molecule has 0 saturated carbocycles. The van der Waals surface area contributed by atoms with E-state index in [1.54, 1.807) is 6.92 Å². The Kier molecular flexibility index (Phi) is 26.2. The zero-order chi connectivity index (χ0) is 33.1. The van der Waals surface area contributed by atoms with E-state index in [4.69, 9.17) is 0 Å². The van der Waals surface area contributed by atoms with Crippen molar-refractivity contribution in [2.75, 3.05) is 26.2 Å². The maximum absolute atomic E-state index is 12.0. The van der Waals surface area contributed by atoms with Gasteiger partial charge in [-0.3, -0.25) is 9.59 Å². The van der Waals surface area contributed by atoms with Crippen LogP contribution in [0.15, 0.2) is 12.2 Å². The van der Waals surface area contributed by atoms with E-state index in [0.717, 1.165) is 19.3 Å². The fourth-order valence-corrected chi connectivity index (χ4v) is 6.44. The Balaban J connectivity index is 4.56. The molecule has 7 nitrogen and oxygen atoms in total. The Hall–Kier alpha value is -1.89. The highest BCUT2D eigenvalue weighted by Crippen LogP contribution is 2.25. The Morgan fingerprint density at radius 1 is 0.545 bits per heavy atom. The van der Waals surface area contributed by atoms with E-state index in [-0.39, 0.29) is 24.1 Å². The Morgan fingerprint density at radius 3 is 1.23 bits per heavy atom. The van der Waals surface area contributed by atoms with E-state index in [1.807, 2.05) is 13.8 Å². The van der Waals surface area contributed by atoms with Crippen LogP contribution in [0.3, 0.4) is 0 Å². The van der Waals surface area contributed by atoms with Gasteiger partial charge in [0.05, 0.1) is 32.1 Å². The third-order valence-corrected chi connectivity index (χ3v) is 9.48. The lowest BCUT2D eigenvalue weighted by molar-refractivity contribution is -0.935. The molecule has 0 radical (unpaired) electrons. The highest BCUT2D eigenvalue weighted by molar-refractivity contribution is 5.70. The topological polar surface area (TPSA) is 115 Å². The number of hydrogen-bond acceptors (Lipinski definition) is 4. The standard InChI is InChI=1S/C37H69NO6/c1-5-9-10-11-12-13-14-15-16-17-18-19-20-21-22-23-24-25-26-27-28-38(29-32(6-2)35(39)40,30-33(7-3)36(41)42)31-34(8-4)37(43)44/h14-15,32-34H,5-13,16-31H2,1-4H3,(H2-,39,40,41,42,43,44)/b15-14+. The summed E-state index contributed by atoms with van der Waals surface area (Å²) in [6.45, 7) is 9.06. The van der Waals surface area contributed by atoms with E-state index in [9.17, 15) is 29.7 Å². The smallest absolute Gasteiger partial charge is 0.312 e. The molecule has 0 fully saturated rings. The molecule has 0 aliphatic rings. The van der Waals surface area contributed by atoms with Crippen LogP contribution in [0.2, 0.25) is 0 Å². The van der Waals surface area contributed by atoms with Crippen molar-refractivity contribution in [3.05, 3.63) is 12.2 Å². The number of hydrogen-bond donors (Lipinski definition) is 2. The van der Waals surface area contributed by atoms with E-state index in [2.05, 4.69) is 19.1 Å². The molecule has 0 aromatic rings. The maximum Gasteiger partial charge on any atom is 0.312 e. The number of carbonyl (C=O) groups is 3. The number of quaternary nitrogens is 1. The Morgan fingerprint density at radius 2 is 0.886 bits per heavy atom. The summed E-state index contributed by atoms with van der Waals surface area (Å²) in [5.74, 6) is -4.94. The molecule has 0 bridgehead atoms. The highest BCUT2D eigenvalue weighted by atomic mass is 16.4. The normalized spacial score (nSPS) is 15.2. The Labute approximate surface area is 270 Å². The highest BCUT2D eigenvalue weighted by Gasteiger charge is 2.39. The summed E-state index contributed by atoms with van der Waals surface area (Å²) < 4.78 is 0.219. The fraction of sp³-hybridized carbons (Fsp3) is 0.865. The zero-order valence-electron chi connectivity index (χ0n) is 29.0. The van der Waals surface area contributed by atoms with Crippen molar-refractivity contribution < 1.29 is 34.2 Å². The number of aliphatic carboxylic acids is 3. The third kappa shape index (κ3) is 21.0. The first-order valence-corrected chi connectivity index (χ1v) is 18.3. The molecular formula is C37H69NO6. The van der Waals surface area contributed by atoms with Gasteiger partial charge in [-0.05, 0) is 57.8 Å². The monoisotopic (exact) mass is 624 g/mol. The maximum atomic E-state index is 12.0. The molecule has 3 atom stereocenters. The van der Waals surface area contributed by atoms with Gasteiger partial charge in [-0.25, -0.2) is 0 Å². The molecular weight excluding hydrogens is 554 g/mol. The van der Waals surface area contributed by atoms with Crippen LogP contribution >= 0.6 is 0 Å². The van der Waals surface area contributed by atoms with Gasteiger partial charge in [-0.15, -0.1) is 0 Å². The average molecular weight is 624 g/mol. The van der Waals surface area contributed by atoms with Gasteiger partial charge in [0.1, 0.15) is 11.8 Å². The number of nitrogens with zero attached hydrogens (tertiary/aromatic N) is 1. The number of rotatable bonds is 32. The first-order chi connectivity index (χ1) is 21.2. The van der Waals surface area contributed by atoms with Crippen LogP contribution < -0.4 is 5.11 Å². The van der Waals surface area contributed by atoms with Crippen LogP contribution in [0.1, 0.15) is 163 Å². The second kappa shape index (κ2) is 27.4. The summed E-state index contributed by atoms with van der Waals surface area (Å²) in [6, 6.07) is 0. The number of unbranched alkanes of at least 4 members (excludes halogenated alkanes) is 16. The minimum absolute atomic E-state index is 0.219. The summed E-state index contributed by atoms with van der Waals surface area (Å²) in [5, 5.41) is 31.5. The predicted molar refractivity (Wildman–Crippen MR) is 179 cm³/mol. The molecule has 0 aromatic carbocycles. The second-order valence-electron chi connectivity index (χ2n) is 13.3. The van der Waals surface area contributed by atoms with Crippen LogP contribution in [-0.4, -0.2) is 58.8 Å². The molecule has 0 rings (SSSR count). The van der Waals surface area contributed by atoms with Crippen molar-refractivity contribution in [3.63, 3.8) is 0 Å². The summed E-state index contributed by atoms with van der Waals surface area (Å²) in [5.41, 5.74) is 0. The van der Waals surface area contributed by atoms with Gasteiger partial charge in [-0.1, -0.05) is 117 Å². The predicted octanol–water partition coefficient (Wildman–Crippen LogP) is 8.40. The van der Waals surface area contributed by atoms with Crippen molar-refractivity contribution in [2.24, 2.45) is 17.8 Å². The number of carbonyl (C=O) groups excluding carboxylic acids is 1. The SMILES string of the molecule is CCCCCCC/C=C/CCCCCCCCCCCCC[N+](CC(CC)C(=O)[O-])(CC(CC)C(=O)O)CC(CC)C(=O)O. The lowest BCUT2D eigenvalue weighted by atomic mass is 9.95. The number of allylic oxidation sites excluding steroid dienone is 2. The van der Waals surface area contributed by atoms with Gasteiger partial charge in [-0.2, -0.15) is 0 Å². The molecule has 0 aromatic heterocycles. The van der Waals surface area contributed by atoms with Gasteiger partial charge in [0.25, 0.3) is 0 Å². The van der Waals surface area contributed by atoms with Gasteiger partial charge < -0.3 is 24.6 Å². The van der Waals surface area contributed by atoms with Crippen LogP contribution in [0.4, 0.5) is 0 Å². The molecule has 2 N–H and O–H groups in total. The minimum atomic E-state index is -1.14. The molecule has 0 amide bonds. The van der Waals surface area contributed by atoms with Gasteiger partial charge in [0, 0.05) is 5.92 Å². The molecule has 44 heavy (non-hydrogen) atoms. The van der Waals surface area contributed by atoms with Gasteiger partial charge in [0.15, 0.2) is 0 Å². The third-order valence-electron chi connectivity index (χ3n) is 9.48. The average Bonchev–Trinajstić information content (AvgIpc) is 2.99. The minimum Gasteiger partial charge on any atom is -0.550 e. The van der Waals surface area contributed by atoms with E-state index >= 15 is 0 Å². The Bertz CT molecular complexity index is 707. The van der Waals surface area contributed by atoms with Crippen molar-refractivity contribution in [1.82, 2.24) is 0 Å². The quantitative estimate of drug-likeness (QED) is 0.0442. The first-order valence-electron chi connectivity index (χ1n) is 18.3. The van der Waals surface area contributed by atoms with Crippen molar-refractivity contribution >= 4 is 17.9 Å². The molecule has 0 heterocycles. The summed E-state index contributed by atoms with van der Waals surface area (Å²) in [4.78, 5) is 35.9. The van der Waals surface area contributed by atoms with E-state index in [1.165, 1.54) is 96.3 Å². The van der Waals surface area contributed by atoms with Crippen LogP contribution in [0.5, 0.6) is 0 Å². The van der Waals surface area contributed by atoms with Gasteiger partial charge in [0.2, 0.25) is 0 Å². The lowest BCUT2D eigenvalue weighted by Crippen LogP contribution is -2.59. The zero-order valence-corrected chi connectivity index (χ0v) is 29.0. The van der Waals surface area contributed by atoms with E-state index in [0.29, 0.717) is 25.8 Å². The number of carboxylic acid groups (broad SMARTS) is 3. The summed E-state index contributed by atoms with van der Waals surface area (Å²) >= 11 is 0.